The average Bonchev–Trinajstić information content (AvgIpc) is 2.31. The van der Waals surface area contributed by atoms with Crippen molar-refractivity contribution < 1.29 is 9.13 Å². The number of halogens is 2. The lowest BCUT2D eigenvalue weighted by Gasteiger charge is -2.26. The molecule has 0 aromatic carbocycles. The van der Waals surface area contributed by atoms with Crippen molar-refractivity contribution in [1.29, 1.82) is 0 Å². The fourth-order valence-corrected chi connectivity index (χ4v) is 2.83. The highest BCUT2D eigenvalue weighted by molar-refractivity contribution is 6.20. The van der Waals surface area contributed by atoms with E-state index in [4.69, 9.17) is 16.3 Å². The summed E-state index contributed by atoms with van der Waals surface area (Å²) in [4.78, 5) is 0. The van der Waals surface area contributed by atoms with Crippen molar-refractivity contribution in [3.63, 3.8) is 0 Å². The van der Waals surface area contributed by atoms with Crippen LogP contribution in [0, 0.1) is 5.92 Å². The SMILES string of the molecule is CC1CCC(Cl)CCOC2=C1CCC(F)C2. The first kappa shape index (κ1) is 12.2. The Bertz CT molecular complexity index is 277. The van der Waals surface area contributed by atoms with Crippen molar-refractivity contribution in [2.24, 2.45) is 5.92 Å². The Kier molecular flexibility index (Phi) is 4.12. The minimum absolute atomic E-state index is 0.213. The van der Waals surface area contributed by atoms with E-state index < -0.39 is 6.17 Å². The van der Waals surface area contributed by atoms with Crippen molar-refractivity contribution in [2.75, 3.05) is 6.61 Å². The van der Waals surface area contributed by atoms with Crippen LogP contribution in [0.3, 0.4) is 0 Å². The van der Waals surface area contributed by atoms with Crippen molar-refractivity contribution in [2.45, 2.75) is 57.0 Å². The predicted molar refractivity (Wildman–Crippen MR) is 64.4 cm³/mol. The summed E-state index contributed by atoms with van der Waals surface area (Å²) in [5.74, 6) is 1.43. The zero-order chi connectivity index (χ0) is 11.5. The highest BCUT2D eigenvalue weighted by Gasteiger charge is 2.26. The van der Waals surface area contributed by atoms with Gasteiger partial charge in [-0.15, -0.1) is 11.6 Å². The van der Waals surface area contributed by atoms with Crippen LogP contribution in [-0.2, 0) is 4.74 Å². The van der Waals surface area contributed by atoms with Crippen LogP contribution in [0.2, 0.25) is 0 Å². The summed E-state index contributed by atoms with van der Waals surface area (Å²) in [7, 11) is 0. The van der Waals surface area contributed by atoms with E-state index in [1.54, 1.807) is 0 Å². The smallest absolute Gasteiger partial charge is 0.107 e. The number of allylic oxidation sites excluding steroid dienone is 2. The van der Waals surface area contributed by atoms with Gasteiger partial charge in [0, 0.05) is 11.8 Å². The van der Waals surface area contributed by atoms with Gasteiger partial charge in [-0.05, 0) is 43.6 Å². The maximum atomic E-state index is 13.4. The van der Waals surface area contributed by atoms with Gasteiger partial charge in [-0.25, -0.2) is 4.39 Å². The fourth-order valence-electron chi connectivity index (χ4n) is 2.62. The second kappa shape index (κ2) is 5.39. The normalized spacial score (nSPS) is 36.8. The van der Waals surface area contributed by atoms with Crippen molar-refractivity contribution in [3.05, 3.63) is 11.3 Å². The van der Waals surface area contributed by atoms with E-state index >= 15 is 0 Å². The molecule has 16 heavy (non-hydrogen) atoms. The van der Waals surface area contributed by atoms with Gasteiger partial charge in [0.25, 0.3) is 0 Å². The van der Waals surface area contributed by atoms with Gasteiger partial charge in [0.05, 0.1) is 12.4 Å². The van der Waals surface area contributed by atoms with Crippen molar-refractivity contribution >= 4 is 11.6 Å². The Morgan fingerprint density at radius 3 is 2.88 bits per heavy atom. The second-order valence-corrected chi connectivity index (χ2v) is 5.62. The van der Waals surface area contributed by atoms with E-state index in [9.17, 15) is 4.39 Å². The Hall–Kier alpha value is -0.240. The Labute approximate surface area is 102 Å². The van der Waals surface area contributed by atoms with Gasteiger partial charge in [0.15, 0.2) is 0 Å². The van der Waals surface area contributed by atoms with Gasteiger partial charge < -0.3 is 4.74 Å². The molecule has 0 radical (unpaired) electrons. The first-order valence-electron chi connectivity index (χ1n) is 6.29. The van der Waals surface area contributed by atoms with E-state index in [0.29, 0.717) is 25.4 Å². The van der Waals surface area contributed by atoms with E-state index in [2.05, 4.69) is 6.92 Å². The van der Waals surface area contributed by atoms with E-state index in [1.807, 2.05) is 0 Å². The molecule has 0 bridgehead atoms. The van der Waals surface area contributed by atoms with Crippen LogP contribution in [0.5, 0.6) is 0 Å². The van der Waals surface area contributed by atoms with Crippen LogP contribution in [0.4, 0.5) is 4.39 Å². The lowest BCUT2D eigenvalue weighted by Crippen LogP contribution is -2.16. The number of hydrogen-bond donors (Lipinski definition) is 0. The molecule has 0 saturated heterocycles. The summed E-state index contributed by atoms with van der Waals surface area (Å²) in [5, 5.41) is 0.213. The fraction of sp³-hybridized carbons (Fsp3) is 0.846. The number of hydrogen-bond acceptors (Lipinski definition) is 1. The lowest BCUT2D eigenvalue weighted by molar-refractivity contribution is 0.158. The van der Waals surface area contributed by atoms with Crippen molar-refractivity contribution in [3.8, 4) is 0 Å². The molecular formula is C13H20ClFO. The third kappa shape index (κ3) is 2.91. The average molecular weight is 247 g/mol. The molecule has 3 heteroatoms. The molecule has 3 atom stereocenters. The van der Waals surface area contributed by atoms with Crippen LogP contribution in [-0.4, -0.2) is 18.2 Å². The lowest BCUT2D eigenvalue weighted by atomic mass is 9.85. The molecule has 2 rings (SSSR count). The monoisotopic (exact) mass is 246 g/mol. The van der Waals surface area contributed by atoms with Crippen LogP contribution in [0.1, 0.15) is 45.4 Å². The summed E-state index contributed by atoms with van der Waals surface area (Å²) in [5.41, 5.74) is 1.35. The molecule has 0 fully saturated rings. The quantitative estimate of drug-likeness (QED) is 0.582. The Morgan fingerprint density at radius 2 is 2.06 bits per heavy atom. The van der Waals surface area contributed by atoms with Crippen LogP contribution in [0.25, 0.3) is 0 Å². The predicted octanol–water partition coefficient (Wildman–Crippen LogP) is 4.21. The largest absolute Gasteiger partial charge is 0.498 e. The minimum Gasteiger partial charge on any atom is -0.498 e. The highest BCUT2D eigenvalue weighted by atomic mass is 35.5. The Balaban J connectivity index is 2.12. The first-order valence-corrected chi connectivity index (χ1v) is 6.73. The molecule has 92 valence electrons. The van der Waals surface area contributed by atoms with Gasteiger partial charge >= 0.3 is 0 Å². The summed E-state index contributed by atoms with van der Waals surface area (Å²) in [6, 6.07) is 0. The topological polar surface area (TPSA) is 9.23 Å². The number of alkyl halides is 2. The molecule has 0 spiro atoms. The zero-order valence-corrected chi connectivity index (χ0v) is 10.6. The summed E-state index contributed by atoms with van der Waals surface area (Å²) < 4.78 is 19.1. The maximum Gasteiger partial charge on any atom is 0.107 e. The van der Waals surface area contributed by atoms with Crippen LogP contribution >= 0.6 is 11.6 Å². The van der Waals surface area contributed by atoms with Crippen LogP contribution < -0.4 is 0 Å². The molecule has 0 aromatic rings. The van der Waals surface area contributed by atoms with E-state index in [0.717, 1.165) is 31.4 Å². The molecule has 0 aromatic heterocycles. The number of rotatable bonds is 0. The zero-order valence-electron chi connectivity index (χ0n) is 9.85. The van der Waals surface area contributed by atoms with Gasteiger partial charge in [-0.2, -0.15) is 0 Å². The summed E-state index contributed by atoms with van der Waals surface area (Å²) in [6.07, 6.45) is 4.32. The van der Waals surface area contributed by atoms with Crippen LogP contribution in [0.15, 0.2) is 11.3 Å². The first-order chi connectivity index (χ1) is 7.66. The molecule has 0 amide bonds. The molecule has 3 unspecified atom stereocenters. The van der Waals surface area contributed by atoms with E-state index in [-0.39, 0.29) is 5.38 Å². The second-order valence-electron chi connectivity index (χ2n) is 5.00. The van der Waals surface area contributed by atoms with Gasteiger partial charge in [-0.1, -0.05) is 6.92 Å². The summed E-state index contributed by atoms with van der Waals surface area (Å²) >= 11 is 6.18. The third-order valence-electron chi connectivity index (χ3n) is 3.71. The molecular weight excluding hydrogens is 227 g/mol. The number of ether oxygens (including phenoxy) is 1. The van der Waals surface area contributed by atoms with Gasteiger partial charge in [-0.3, -0.25) is 0 Å². The molecule has 0 saturated carbocycles. The van der Waals surface area contributed by atoms with Gasteiger partial charge in [0.2, 0.25) is 0 Å². The molecule has 1 heterocycles. The van der Waals surface area contributed by atoms with E-state index in [1.165, 1.54) is 5.57 Å². The molecule has 0 N–H and O–H groups in total. The van der Waals surface area contributed by atoms with Crippen molar-refractivity contribution in [1.82, 2.24) is 0 Å². The minimum atomic E-state index is -0.710. The molecule has 1 aliphatic heterocycles. The maximum absolute atomic E-state index is 13.4. The standard InChI is InChI=1S/C13H20ClFO/c1-9-2-3-10(14)6-7-16-13-8-11(15)4-5-12(9)13/h9-11H,2-8H2,1H3. The summed E-state index contributed by atoms with van der Waals surface area (Å²) in [6.45, 7) is 2.86. The van der Waals surface area contributed by atoms with Gasteiger partial charge in [0.1, 0.15) is 6.17 Å². The third-order valence-corrected chi connectivity index (χ3v) is 4.14. The molecule has 2 aliphatic rings. The Morgan fingerprint density at radius 1 is 1.25 bits per heavy atom. The molecule has 1 nitrogen and oxygen atoms in total. The molecule has 1 aliphatic carbocycles. The highest BCUT2D eigenvalue weighted by Crippen LogP contribution is 2.35.